The molecule has 0 aromatic rings. The third kappa shape index (κ3) is 33.0. The molecule has 0 radical (unpaired) electrons. The molecule has 0 spiro atoms. The third-order valence-electron chi connectivity index (χ3n) is 7.69. The van der Waals surface area contributed by atoms with Crippen LogP contribution in [0.5, 0.6) is 0 Å². The van der Waals surface area contributed by atoms with Crippen LogP contribution in [0.3, 0.4) is 0 Å². The van der Waals surface area contributed by atoms with Crippen LogP contribution in [0.2, 0.25) is 0 Å². The van der Waals surface area contributed by atoms with Gasteiger partial charge in [-0.2, -0.15) is 0 Å². The van der Waals surface area contributed by atoms with Crippen molar-refractivity contribution < 1.29 is 23.8 Å². The van der Waals surface area contributed by atoms with Crippen molar-refractivity contribution in [1.29, 1.82) is 0 Å². The summed E-state index contributed by atoms with van der Waals surface area (Å²) in [6, 6.07) is 0. The second-order valence-electron chi connectivity index (χ2n) is 12.1. The summed E-state index contributed by atoms with van der Waals surface area (Å²) in [5, 5.41) is 0. The molecule has 0 rings (SSSR count). The first-order valence-corrected chi connectivity index (χ1v) is 18.5. The Balaban J connectivity index is 4.02. The van der Waals surface area contributed by atoms with Crippen LogP contribution < -0.4 is 0 Å². The molecule has 0 aromatic carbocycles. The molecule has 0 amide bonds. The maximum absolute atomic E-state index is 12.4. The summed E-state index contributed by atoms with van der Waals surface area (Å²) in [6.07, 6.45) is 38.8. The Bertz CT molecular complexity index is 711. The van der Waals surface area contributed by atoms with Crippen LogP contribution >= 0.6 is 0 Å². The summed E-state index contributed by atoms with van der Waals surface area (Å²) >= 11 is 0. The van der Waals surface area contributed by atoms with Gasteiger partial charge in [-0.1, -0.05) is 147 Å². The fraction of sp³-hybridized carbons (Fsp3) is 0.795. The van der Waals surface area contributed by atoms with Gasteiger partial charge >= 0.3 is 11.9 Å². The molecule has 1 unspecified atom stereocenters. The third-order valence-corrected chi connectivity index (χ3v) is 7.69. The predicted molar refractivity (Wildman–Crippen MR) is 187 cm³/mol. The van der Waals surface area contributed by atoms with Crippen LogP contribution in [0.25, 0.3) is 0 Å². The van der Waals surface area contributed by atoms with E-state index >= 15 is 0 Å². The van der Waals surface area contributed by atoms with E-state index in [0.29, 0.717) is 19.4 Å². The minimum atomic E-state index is -0.526. The van der Waals surface area contributed by atoms with Crippen molar-refractivity contribution in [2.45, 2.75) is 181 Å². The first kappa shape index (κ1) is 42.1. The van der Waals surface area contributed by atoms with E-state index in [1.54, 1.807) is 0 Å². The molecule has 5 nitrogen and oxygen atoms in total. The zero-order chi connectivity index (χ0) is 32.2. The number of unbranched alkanes of at least 4 members (excludes halogenated alkanes) is 16. The molecule has 0 fully saturated rings. The summed E-state index contributed by atoms with van der Waals surface area (Å²) in [5.41, 5.74) is 0. The van der Waals surface area contributed by atoms with Crippen molar-refractivity contribution in [3.05, 3.63) is 36.5 Å². The SMILES string of the molecule is CC/C=C\C/C=C\C/C=C\CCCCCCCCCC(=O)OCC(COCCCCCCCC)OC(=O)CCCCCCC. The van der Waals surface area contributed by atoms with Crippen molar-refractivity contribution in [3.63, 3.8) is 0 Å². The predicted octanol–water partition coefficient (Wildman–Crippen LogP) is 11.5. The van der Waals surface area contributed by atoms with Gasteiger partial charge in [0.25, 0.3) is 0 Å². The molecule has 0 N–H and O–H groups in total. The highest BCUT2D eigenvalue weighted by molar-refractivity contribution is 5.70. The number of hydrogen-bond donors (Lipinski definition) is 0. The Labute approximate surface area is 272 Å². The molecule has 1 atom stereocenters. The smallest absolute Gasteiger partial charge is 0.306 e. The first-order valence-electron chi connectivity index (χ1n) is 18.5. The van der Waals surface area contributed by atoms with Crippen LogP contribution in [0.15, 0.2) is 36.5 Å². The Morgan fingerprint density at radius 1 is 0.523 bits per heavy atom. The van der Waals surface area contributed by atoms with E-state index < -0.39 is 6.10 Å². The Hall–Kier alpha value is -1.88. The van der Waals surface area contributed by atoms with Crippen molar-refractivity contribution in [1.82, 2.24) is 0 Å². The van der Waals surface area contributed by atoms with Crippen LogP contribution in [0.4, 0.5) is 0 Å². The highest BCUT2D eigenvalue weighted by atomic mass is 16.6. The normalized spacial score (nSPS) is 12.5. The lowest BCUT2D eigenvalue weighted by Gasteiger charge is -2.18. The van der Waals surface area contributed by atoms with Crippen LogP contribution in [0.1, 0.15) is 175 Å². The molecule has 256 valence electrons. The van der Waals surface area contributed by atoms with Crippen LogP contribution in [-0.2, 0) is 23.8 Å². The maximum atomic E-state index is 12.4. The first-order chi connectivity index (χ1) is 21.6. The van der Waals surface area contributed by atoms with Gasteiger partial charge in [0, 0.05) is 19.4 Å². The van der Waals surface area contributed by atoms with E-state index in [2.05, 4.69) is 57.2 Å². The number of carbonyl (C=O) groups is 2. The largest absolute Gasteiger partial charge is 0.462 e. The van der Waals surface area contributed by atoms with E-state index in [0.717, 1.165) is 77.0 Å². The number of carbonyl (C=O) groups excluding carboxylic acids is 2. The molecule has 0 aliphatic carbocycles. The van der Waals surface area contributed by atoms with Crippen LogP contribution in [-0.4, -0.2) is 37.9 Å². The standard InChI is InChI=1S/C39H70O5/c1-4-7-10-13-15-16-17-18-19-20-21-22-23-24-25-27-29-32-38(40)43-36-37(35-42-34-31-28-14-11-8-5-2)44-39(41)33-30-26-12-9-6-3/h7,10,15-16,18-19,37H,4-6,8-9,11-14,17,20-36H2,1-3H3/b10-7-,16-15-,19-18-. The highest BCUT2D eigenvalue weighted by Crippen LogP contribution is 2.12. The number of rotatable bonds is 33. The number of esters is 2. The van der Waals surface area contributed by atoms with Gasteiger partial charge in [-0.15, -0.1) is 0 Å². The zero-order valence-corrected chi connectivity index (χ0v) is 29.2. The van der Waals surface area contributed by atoms with Gasteiger partial charge in [0.15, 0.2) is 6.10 Å². The lowest BCUT2D eigenvalue weighted by molar-refractivity contribution is -0.163. The van der Waals surface area contributed by atoms with E-state index in [9.17, 15) is 9.59 Å². The lowest BCUT2D eigenvalue weighted by Crippen LogP contribution is -2.30. The van der Waals surface area contributed by atoms with E-state index in [1.807, 2.05) is 0 Å². The van der Waals surface area contributed by atoms with Crippen LogP contribution in [0, 0.1) is 0 Å². The summed E-state index contributed by atoms with van der Waals surface area (Å²) in [6.45, 7) is 7.58. The second-order valence-corrected chi connectivity index (χ2v) is 12.1. The molecule has 0 heterocycles. The Kier molecular flexibility index (Phi) is 34.1. The van der Waals surface area contributed by atoms with Crippen molar-refractivity contribution >= 4 is 11.9 Å². The second kappa shape index (κ2) is 35.6. The molecular formula is C39H70O5. The topological polar surface area (TPSA) is 61.8 Å². The summed E-state index contributed by atoms with van der Waals surface area (Å²) in [7, 11) is 0. The number of allylic oxidation sites excluding steroid dienone is 6. The molecular weight excluding hydrogens is 548 g/mol. The molecule has 0 aromatic heterocycles. The highest BCUT2D eigenvalue weighted by Gasteiger charge is 2.17. The minimum Gasteiger partial charge on any atom is -0.462 e. The fourth-order valence-electron chi connectivity index (χ4n) is 4.93. The molecule has 0 aliphatic heterocycles. The van der Waals surface area contributed by atoms with E-state index in [4.69, 9.17) is 14.2 Å². The fourth-order valence-corrected chi connectivity index (χ4v) is 4.93. The molecule has 0 saturated heterocycles. The molecule has 44 heavy (non-hydrogen) atoms. The average Bonchev–Trinajstić information content (AvgIpc) is 3.02. The lowest BCUT2D eigenvalue weighted by atomic mass is 10.1. The summed E-state index contributed by atoms with van der Waals surface area (Å²) in [4.78, 5) is 24.7. The van der Waals surface area contributed by atoms with Gasteiger partial charge in [0.1, 0.15) is 6.61 Å². The Morgan fingerprint density at radius 2 is 1.02 bits per heavy atom. The quantitative estimate of drug-likeness (QED) is 0.0416. The van der Waals surface area contributed by atoms with Gasteiger partial charge < -0.3 is 14.2 Å². The Morgan fingerprint density at radius 3 is 1.64 bits per heavy atom. The minimum absolute atomic E-state index is 0.0813. The van der Waals surface area contributed by atoms with Gasteiger partial charge in [-0.25, -0.2) is 0 Å². The number of ether oxygens (including phenoxy) is 3. The van der Waals surface area contributed by atoms with Gasteiger partial charge in [0.2, 0.25) is 0 Å². The van der Waals surface area contributed by atoms with E-state index in [-0.39, 0.29) is 25.2 Å². The van der Waals surface area contributed by atoms with Crippen molar-refractivity contribution in [3.8, 4) is 0 Å². The van der Waals surface area contributed by atoms with E-state index in [1.165, 1.54) is 64.2 Å². The maximum Gasteiger partial charge on any atom is 0.306 e. The molecule has 0 aliphatic rings. The van der Waals surface area contributed by atoms with Crippen molar-refractivity contribution in [2.24, 2.45) is 0 Å². The zero-order valence-electron chi connectivity index (χ0n) is 29.2. The monoisotopic (exact) mass is 619 g/mol. The summed E-state index contributed by atoms with van der Waals surface area (Å²) in [5.74, 6) is -0.425. The average molecular weight is 619 g/mol. The van der Waals surface area contributed by atoms with Gasteiger partial charge in [-0.3, -0.25) is 9.59 Å². The van der Waals surface area contributed by atoms with Gasteiger partial charge in [0.05, 0.1) is 6.61 Å². The van der Waals surface area contributed by atoms with Crippen molar-refractivity contribution in [2.75, 3.05) is 19.8 Å². The molecule has 0 saturated carbocycles. The molecule has 0 bridgehead atoms. The summed E-state index contributed by atoms with van der Waals surface area (Å²) < 4.78 is 17.0. The van der Waals surface area contributed by atoms with Gasteiger partial charge in [-0.05, 0) is 51.4 Å². The molecule has 5 heteroatoms. The number of hydrogen-bond acceptors (Lipinski definition) is 5.